The number of aromatic nitrogens is 2. The Hall–Kier alpha value is -3.65. The van der Waals surface area contributed by atoms with E-state index in [1.807, 2.05) is 42.0 Å². The molecule has 1 aromatic heterocycles. The minimum absolute atomic E-state index is 0.261. The Kier molecular flexibility index (Phi) is 7.02. The van der Waals surface area contributed by atoms with Crippen LogP contribution in [0.2, 0.25) is 0 Å². The highest BCUT2D eigenvalue weighted by atomic mass is 19.1. The molecule has 37 heavy (non-hydrogen) atoms. The van der Waals surface area contributed by atoms with E-state index in [1.54, 1.807) is 13.4 Å². The molecule has 1 fully saturated rings. The summed E-state index contributed by atoms with van der Waals surface area (Å²) >= 11 is 0. The number of ether oxygens (including phenoxy) is 1. The fraction of sp³-hybridized carbons (Fsp3) is 0.379. The largest absolute Gasteiger partial charge is 0.495 e. The van der Waals surface area contributed by atoms with Crippen LogP contribution in [0.15, 0.2) is 65.7 Å². The van der Waals surface area contributed by atoms with Crippen LogP contribution in [-0.2, 0) is 10.6 Å². The lowest BCUT2D eigenvalue weighted by atomic mass is 9.94. The normalized spacial score (nSPS) is 20.2. The van der Waals surface area contributed by atoms with Crippen molar-refractivity contribution in [3.8, 4) is 11.4 Å². The molecule has 8 heteroatoms. The quantitative estimate of drug-likeness (QED) is 0.415. The molecule has 1 saturated heterocycles. The summed E-state index contributed by atoms with van der Waals surface area (Å²) in [6, 6.07) is 12.8. The van der Waals surface area contributed by atoms with E-state index < -0.39 is 5.72 Å². The summed E-state index contributed by atoms with van der Waals surface area (Å²) in [5.41, 5.74) is 4.14. The summed E-state index contributed by atoms with van der Waals surface area (Å²) in [6.45, 7) is 9.47. The molecule has 0 spiro atoms. The number of methoxy groups -OCH3 is 1. The molecule has 0 saturated carbocycles. The Labute approximate surface area is 217 Å². The molecule has 0 N–H and O–H groups in total. The summed E-state index contributed by atoms with van der Waals surface area (Å²) in [6.07, 6.45) is 7.80. The van der Waals surface area contributed by atoms with Crippen LogP contribution in [0.4, 0.5) is 4.39 Å². The van der Waals surface area contributed by atoms with Crippen LogP contribution in [0.25, 0.3) is 11.8 Å². The number of fused-ring (bicyclic) bond motifs is 1. The standard InChI is InChI=1S/C29H34FN5O2/c1-5-33(6-2)19-29(24-10-12-25(30)13-11-24)35-15-7-8-23(28(35)32-37-29)16-22-9-14-26(27(17-22)36-4)34-18-21(3)31-20-34/h9-14,16-18,20H,5-8,15,19H2,1-4H3/b23-16+/t29-/m1/s1. The first-order valence-electron chi connectivity index (χ1n) is 12.9. The van der Waals surface area contributed by atoms with E-state index in [4.69, 9.17) is 9.57 Å². The molecule has 2 aromatic carbocycles. The van der Waals surface area contributed by atoms with Crippen molar-refractivity contribution in [2.75, 3.05) is 33.3 Å². The van der Waals surface area contributed by atoms with E-state index in [0.29, 0.717) is 6.54 Å². The van der Waals surface area contributed by atoms with Gasteiger partial charge in [0.1, 0.15) is 11.6 Å². The number of aryl methyl sites for hydroxylation is 1. The molecule has 0 amide bonds. The van der Waals surface area contributed by atoms with Crippen LogP contribution in [0, 0.1) is 12.7 Å². The van der Waals surface area contributed by atoms with Crippen LogP contribution in [-0.4, -0.2) is 58.5 Å². The molecule has 0 radical (unpaired) electrons. The van der Waals surface area contributed by atoms with E-state index in [2.05, 4.69) is 45.9 Å². The van der Waals surface area contributed by atoms with E-state index >= 15 is 0 Å². The zero-order valence-corrected chi connectivity index (χ0v) is 21.9. The molecule has 1 atom stereocenters. The van der Waals surface area contributed by atoms with Gasteiger partial charge in [0.2, 0.25) is 5.72 Å². The number of piperidine rings is 1. The first kappa shape index (κ1) is 25.0. The Morgan fingerprint density at radius 3 is 2.62 bits per heavy atom. The Balaban J connectivity index is 1.49. The second kappa shape index (κ2) is 10.4. The number of halogens is 1. The number of imidazole rings is 1. The molecule has 7 nitrogen and oxygen atoms in total. The SMILES string of the molecule is CCN(CC)C[C@]1(c2ccc(F)cc2)ON=C2/C(=C/c3ccc(-n4cnc(C)c4)c(OC)c3)CCCN21. The van der Waals surface area contributed by atoms with Crippen molar-refractivity contribution in [2.24, 2.45) is 5.16 Å². The molecule has 0 unspecified atom stereocenters. The minimum atomic E-state index is -0.796. The fourth-order valence-electron chi connectivity index (χ4n) is 5.21. The predicted molar refractivity (Wildman–Crippen MR) is 143 cm³/mol. The molecular weight excluding hydrogens is 469 g/mol. The van der Waals surface area contributed by atoms with Gasteiger partial charge in [0, 0.05) is 18.3 Å². The van der Waals surface area contributed by atoms with Crippen LogP contribution in [0.1, 0.15) is 43.5 Å². The first-order chi connectivity index (χ1) is 18.0. The van der Waals surface area contributed by atoms with Crippen LogP contribution < -0.4 is 4.74 Å². The van der Waals surface area contributed by atoms with Gasteiger partial charge in [-0.2, -0.15) is 0 Å². The van der Waals surface area contributed by atoms with Gasteiger partial charge in [-0.25, -0.2) is 9.37 Å². The van der Waals surface area contributed by atoms with Gasteiger partial charge < -0.3 is 19.0 Å². The van der Waals surface area contributed by atoms with E-state index in [-0.39, 0.29) is 5.82 Å². The van der Waals surface area contributed by atoms with Crippen molar-refractivity contribution in [2.45, 2.75) is 39.3 Å². The summed E-state index contributed by atoms with van der Waals surface area (Å²) in [4.78, 5) is 15.2. The maximum Gasteiger partial charge on any atom is 0.250 e. The zero-order chi connectivity index (χ0) is 26.0. The topological polar surface area (TPSA) is 55.1 Å². The van der Waals surface area contributed by atoms with Crippen LogP contribution in [0.5, 0.6) is 5.75 Å². The average molecular weight is 504 g/mol. The van der Waals surface area contributed by atoms with Crippen molar-refractivity contribution < 1.29 is 14.0 Å². The lowest BCUT2D eigenvalue weighted by Gasteiger charge is -2.42. The first-order valence-corrected chi connectivity index (χ1v) is 12.9. The summed E-state index contributed by atoms with van der Waals surface area (Å²) in [7, 11) is 1.68. The Bertz CT molecular complexity index is 1310. The molecule has 0 aliphatic carbocycles. The number of rotatable bonds is 8. The number of hydrogen-bond donors (Lipinski definition) is 0. The van der Waals surface area contributed by atoms with Crippen molar-refractivity contribution in [3.63, 3.8) is 0 Å². The number of oxime groups is 1. The predicted octanol–water partition coefficient (Wildman–Crippen LogP) is 5.35. The van der Waals surface area contributed by atoms with Gasteiger partial charge in [-0.1, -0.05) is 37.2 Å². The third kappa shape index (κ3) is 4.73. The highest BCUT2D eigenvalue weighted by Gasteiger charge is 2.50. The number of amidine groups is 1. The van der Waals surface area contributed by atoms with Crippen LogP contribution in [0.3, 0.4) is 0 Å². The van der Waals surface area contributed by atoms with Crippen molar-refractivity contribution in [1.82, 2.24) is 19.4 Å². The summed E-state index contributed by atoms with van der Waals surface area (Å²) in [5.74, 6) is 1.35. The summed E-state index contributed by atoms with van der Waals surface area (Å²) < 4.78 is 21.5. The minimum Gasteiger partial charge on any atom is -0.495 e. The van der Waals surface area contributed by atoms with Gasteiger partial charge in [0.25, 0.3) is 0 Å². The average Bonchev–Trinajstić information content (AvgIpc) is 3.52. The number of benzene rings is 2. The Morgan fingerprint density at radius 1 is 1.16 bits per heavy atom. The van der Waals surface area contributed by atoms with Gasteiger partial charge in [0.05, 0.1) is 31.4 Å². The lowest BCUT2D eigenvalue weighted by molar-refractivity contribution is -0.123. The van der Waals surface area contributed by atoms with Crippen molar-refractivity contribution >= 4 is 11.9 Å². The van der Waals surface area contributed by atoms with Gasteiger partial charge in [-0.3, -0.25) is 4.90 Å². The number of nitrogens with zero attached hydrogens (tertiary/aromatic N) is 5. The fourth-order valence-corrected chi connectivity index (χ4v) is 5.21. The second-order valence-electron chi connectivity index (χ2n) is 9.54. The number of hydrogen-bond acceptors (Lipinski definition) is 6. The van der Waals surface area contributed by atoms with E-state index in [0.717, 1.165) is 72.1 Å². The van der Waals surface area contributed by atoms with E-state index in [1.165, 1.54) is 12.1 Å². The van der Waals surface area contributed by atoms with E-state index in [9.17, 15) is 4.39 Å². The molecular formula is C29H34FN5O2. The monoisotopic (exact) mass is 503 g/mol. The molecule has 3 heterocycles. The zero-order valence-electron chi connectivity index (χ0n) is 21.9. The molecule has 5 rings (SSSR count). The highest BCUT2D eigenvalue weighted by molar-refractivity contribution is 6.03. The van der Waals surface area contributed by atoms with Gasteiger partial charge >= 0.3 is 0 Å². The third-order valence-electron chi connectivity index (χ3n) is 7.25. The van der Waals surface area contributed by atoms with Crippen molar-refractivity contribution in [1.29, 1.82) is 0 Å². The maximum atomic E-state index is 13.8. The van der Waals surface area contributed by atoms with Gasteiger partial charge in [-0.15, -0.1) is 0 Å². The smallest absolute Gasteiger partial charge is 0.250 e. The summed E-state index contributed by atoms with van der Waals surface area (Å²) in [5, 5.41) is 4.63. The number of likely N-dealkylation sites (N-methyl/N-ethyl adjacent to an activating group) is 1. The molecule has 194 valence electrons. The third-order valence-corrected chi connectivity index (χ3v) is 7.25. The second-order valence-corrected chi connectivity index (χ2v) is 9.54. The molecule has 3 aromatic rings. The van der Waals surface area contributed by atoms with Crippen LogP contribution >= 0.6 is 0 Å². The molecule has 2 aliphatic rings. The van der Waals surface area contributed by atoms with Crippen molar-refractivity contribution in [3.05, 3.63) is 83.2 Å². The molecule has 2 aliphatic heterocycles. The van der Waals surface area contributed by atoms with Gasteiger partial charge in [0.15, 0.2) is 5.84 Å². The Morgan fingerprint density at radius 2 is 1.95 bits per heavy atom. The highest BCUT2D eigenvalue weighted by Crippen LogP contribution is 2.41. The molecule has 0 bridgehead atoms. The lowest BCUT2D eigenvalue weighted by Crippen LogP contribution is -2.54. The maximum absolute atomic E-state index is 13.8. The van der Waals surface area contributed by atoms with Gasteiger partial charge in [-0.05, 0) is 74.3 Å².